The van der Waals surface area contributed by atoms with E-state index in [0.717, 1.165) is 24.3 Å². The number of para-hydroxylation sites is 1. The summed E-state index contributed by atoms with van der Waals surface area (Å²) in [4.78, 5) is 2.60. The van der Waals surface area contributed by atoms with Crippen LogP contribution in [0.4, 0.5) is 0 Å². The summed E-state index contributed by atoms with van der Waals surface area (Å²) in [5.74, 6) is 0.979. The first kappa shape index (κ1) is 20.5. The largest absolute Gasteiger partial charge is 0.493 e. The third-order valence-corrected chi connectivity index (χ3v) is 4.75. The van der Waals surface area contributed by atoms with Crippen molar-refractivity contribution in [1.29, 1.82) is 0 Å². The van der Waals surface area contributed by atoms with Crippen molar-refractivity contribution < 1.29 is 4.74 Å². The number of nitrogens with zero attached hydrogens (tertiary/aromatic N) is 1. The molecule has 3 rings (SSSR count). The molecule has 1 saturated heterocycles. The average molecular weight is 372 g/mol. The van der Waals surface area contributed by atoms with E-state index in [1.54, 1.807) is 0 Å². The lowest BCUT2D eigenvalue weighted by molar-refractivity contribution is 0.216. The topological polar surface area (TPSA) is 12.5 Å². The Hall–Kier alpha value is -1.77. The molecular weight excluding hydrogens is 342 g/mol. The molecule has 3 heteroatoms. The number of likely N-dealkylation sites (tertiary alicyclic amines) is 1. The first-order valence-electron chi connectivity index (χ1n) is 9.59. The Morgan fingerprint density at radius 2 is 1.54 bits per heavy atom. The van der Waals surface area contributed by atoms with Crippen LogP contribution in [-0.2, 0) is 0 Å². The molecule has 0 radical (unpaired) electrons. The molecule has 26 heavy (non-hydrogen) atoms. The minimum absolute atomic E-state index is 0. The second-order valence-electron chi connectivity index (χ2n) is 6.74. The summed E-state index contributed by atoms with van der Waals surface area (Å²) >= 11 is 0. The summed E-state index contributed by atoms with van der Waals surface area (Å²) in [6.45, 7) is 4.59. The molecule has 2 aromatic rings. The number of hydrogen-bond acceptors (Lipinski definition) is 2. The summed E-state index contributed by atoms with van der Waals surface area (Å²) in [5, 5.41) is 0. The lowest BCUT2D eigenvalue weighted by Crippen LogP contribution is -2.30. The van der Waals surface area contributed by atoms with Crippen molar-refractivity contribution in [2.45, 2.75) is 32.1 Å². The van der Waals surface area contributed by atoms with Gasteiger partial charge in [-0.3, -0.25) is 0 Å². The molecule has 1 aliphatic rings. The molecule has 140 valence electrons. The minimum atomic E-state index is 0. The highest BCUT2D eigenvalue weighted by Crippen LogP contribution is 2.21. The average Bonchev–Trinajstić information content (AvgIpc) is 2.68. The van der Waals surface area contributed by atoms with Crippen LogP contribution in [0.1, 0.15) is 43.2 Å². The van der Waals surface area contributed by atoms with E-state index in [0.29, 0.717) is 0 Å². The highest BCUT2D eigenvalue weighted by molar-refractivity contribution is 5.85. The third kappa shape index (κ3) is 6.86. The standard InChI is InChI=1S/C23H29NO.ClH/c1-3-11-21(12-4-1)15-16-22-13-5-6-14-23(22)25-20-10-9-19-24-17-7-2-8-18-24;/h1,3-6,11-16H,2,7-10,17-20H2;1H. The van der Waals surface area contributed by atoms with Crippen LogP contribution < -0.4 is 4.74 Å². The molecule has 0 atom stereocenters. The van der Waals surface area contributed by atoms with Crippen molar-refractivity contribution in [2.24, 2.45) is 0 Å². The fourth-order valence-corrected chi connectivity index (χ4v) is 3.30. The van der Waals surface area contributed by atoms with Crippen LogP contribution in [0.25, 0.3) is 12.2 Å². The fraction of sp³-hybridized carbons (Fsp3) is 0.391. The zero-order chi connectivity index (χ0) is 17.2. The van der Waals surface area contributed by atoms with E-state index in [-0.39, 0.29) is 12.4 Å². The van der Waals surface area contributed by atoms with Crippen molar-refractivity contribution in [1.82, 2.24) is 4.90 Å². The quantitative estimate of drug-likeness (QED) is 0.421. The van der Waals surface area contributed by atoms with E-state index in [9.17, 15) is 0 Å². The van der Waals surface area contributed by atoms with Gasteiger partial charge in [-0.15, -0.1) is 12.4 Å². The minimum Gasteiger partial charge on any atom is -0.493 e. The maximum atomic E-state index is 6.05. The van der Waals surface area contributed by atoms with Crippen molar-refractivity contribution in [3.05, 3.63) is 65.7 Å². The Bertz CT molecular complexity index is 650. The van der Waals surface area contributed by atoms with Crippen LogP contribution >= 0.6 is 12.4 Å². The van der Waals surface area contributed by atoms with Gasteiger partial charge in [0.25, 0.3) is 0 Å². The van der Waals surface area contributed by atoms with Gasteiger partial charge < -0.3 is 9.64 Å². The Kier molecular flexibility index (Phi) is 9.30. The molecule has 1 fully saturated rings. The maximum Gasteiger partial charge on any atom is 0.126 e. The number of unbranched alkanes of at least 4 members (excludes halogenated alkanes) is 1. The van der Waals surface area contributed by atoms with Gasteiger partial charge in [-0.2, -0.15) is 0 Å². The maximum absolute atomic E-state index is 6.05. The summed E-state index contributed by atoms with van der Waals surface area (Å²) < 4.78 is 6.05. The molecule has 0 unspecified atom stereocenters. The van der Waals surface area contributed by atoms with Crippen molar-refractivity contribution in [3.63, 3.8) is 0 Å². The smallest absolute Gasteiger partial charge is 0.126 e. The number of benzene rings is 2. The van der Waals surface area contributed by atoms with E-state index in [1.807, 2.05) is 12.1 Å². The van der Waals surface area contributed by atoms with E-state index in [1.165, 1.54) is 50.9 Å². The van der Waals surface area contributed by atoms with Crippen LogP contribution in [-0.4, -0.2) is 31.1 Å². The lowest BCUT2D eigenvalue weighted by Gasteiger charge is -2.26. The second-order valence-corrected chi connectivity index (χ2v) is 6.74. The van der Waals surface area contributed by atoms with Crippen molar-refractivity contribution >= 4 is 24.6 Å². The van der Waals surface area contributed by atoms with Crippen LogP contribution in [0, 0.1) is 0 Å². The van der Waals surface area contributed by atoms with Crippen molar-refractivity contribution in [2.75, 3.05) is 26.2 Å². The highest BCUT2D eigenvalue weighted by atomic mass is 35.5. The van der Waals surface area contributed by atoms with Gasteiger partial charge in [0.15, 0.2) is 0 Å². The Morgan fingerprint density at radius 1 is 0.808 bits per heavy atom. The van der Waals surface area contributed by atoms with Gasteiger partial charge in [0.1, 0.15) is 5.75 Å². The summed E-state index contributed by atoms with van der Waals surface area (Å²) in [6.07, 6.45) is 10.8. The van der Waals surface area contributed by atoms with E-state index in [2.05, 4.69) is 59.5 Å². The van der Waals surface area contributed by atoms with Crippen LogP contribution in [0.3, 0.4) is 0 Å². The molecule has 0 spiro atoms. The van der Waals surface area contributed by atoms with Gasteiger partial charge in [0, 0.05) is 5.56 Å². The van der Waals surface area contributed by atoms with Crippen LogP contribution in [0.5, 0.6) is 5.75 Å². The first-order valence-corrected chi connectivity index (χ1v) is 9.59. The van der Waals surface area contributed by atoms with E-state index >= 15 is 0 Å². The number of hydrogen-bond donors (Lipinski definition) is 0. The zero-order valence-corrected chi connectivity index (χ0v) is 16.3. The highest BCUT2D eigenvalue weighted by Gasteiger charge is 2.09. The van der Waals surface area contributed by atoms with Gasteiger partial charge in [0.2, 0.25) is 0 Å². The Labute approximate surface area is 164 Å². The predicted molar refractivity (Wildman–Crippen MR) is 114 cm³/mol. The molecule has 0 bridgehead atoms. The predicted octanol–water partition coefficient (Wildman–Crippen LogP) is 5.92. The molecule has 0 amide bonds. The molecule has 1 heterocycles. The van der Waals surface area contributed by atoms with Gasteiger partial charge in [-0.1, -0.05) is 67.1 Å². The number of rotatable bonds is 8. The van der Waals surface area contributed by atoms with Gasteiger partial charge in [0.05, 0.1) is 6.61 Å². The second kappa shape index (κ2) is 11.8. The Balaban J connectivity index is 0.00000243. The van der Waals surface area contributed by atoms with Crippen LogP contribution in [0.15, 0.2) is 54.6 Å². The lowest BCUT2D eigenvalue weighted by atomic mass is 10.1. The van der Waals surface area contributed by atoms with Gasteiger partial charge >= 0.3 is 0 Å². The number of piperidine rings is 1. The summed E-state index contributed by atoms with van der Waals surface area (Å²) in [6, 6.07) is 18.7. The molecular formula is C23H30ClNO. The normalized spacial score (nSPS) is 14.9. The molecule has 2 nitrogen and oxygen atoms in total. The van der Waals surface area contributed by atoms with Gasteiger partial charge in [-0.05, 0) is 56.9 Å². The van der Waals surface area contributed by atoms with Crippen LogP contribution in [0.2, 0.25) is 0 Å². The SMILES string of the molecule is C(=Cc1ccccc1OCCCCN1CCCCC1)c1ccccc1.Cl. The summed E-state index contributed by atoms with van der Waals surface area (Å²) in [5.41, 5.74) is 2.35. The molecule has 0 saturated carbocycles. The summed E-state index contributed by atoms with van der Waals surface area (Å²) in [7, 11) is 0. The molecule has 0 aliphatic carbocycles. The molecule has 1 aliphatic heterocycles. The molecule has 2 aromatic carbocycles. The van der Waals surface area contributed by atoms with E-state index in [4.69, 9.17) is 4.74 Å². The van der Waals surface area contributed by atoms with Crippen molar-refractivity contribution in [3.8, 4) is 5.75 Å². The Morgan fingerprint density at radius 3 is 2.35 bits per heavy atom. The zero-order valence-electron chi connectivity index (χ0n) is 15.5. The first-order chi connectivity index (χ1) is 12.4. The van der Waals surface area contributed by atoms with Gasteiger partial charge in [-0.25, -0.2) is 0 Å². The fourth-order valence-electron chi connectivity index (χ4n) is 3.30. The molecule has 0 N–H and O–H groups in total. The molecule has 0 aromatic heterocycles. The number of ether oxygens (including phenoxy) is 1. The van der Waals surface area contributed by atoms with E-state index < -0.39 is 0 Å². The number of halogens is 1. The monoisotopic (exact) mass is 371 g/mol. The third-order valence-electron chi connectivity index (χ3n) is 4.75.